The van der Waals surface area contributed by atoms with E-state index in [0.717, 1.165) is 10.5 Å². The molecule has 3 aliphatic heterocycles. The summed E-state index contributed by atoms with van der Waals surface area (Å²) in [6.45, 7) is 4.32. The fourth-order valence-corrected chi connectivity index (χ4v) is 8.54. The molecule has 2 unspecified atom stereocenters. The molecular weight excluding hydrogens is 535 g/mol. The summed E-state index contributed by atoms with van der Waals surface area (Å²) in [5, 5.41) is 10.2. The Bertz CT molecular complexity index is 1400. The summed E-state index contributed by atoms with van der Waals surface area (Å²) in [7, 11) is 0. The molecule has 0 radical (unpaired) electrons. The summed E-state index contributed by atoms with van der Waals surface area (Å²) in [5.74, 6) is -0.605. The van der Waals surface area contributed by atoms with Gasteiger partial charge in [0.2, 0.25) is 0 Å². The summed E-state index contributed by atoms with van der Waals surface area (Å²) in [6, 6.07) is 17.8. The molecule has 2 aromatic rings. The second-order valence-electron chi connectivity index (χ2n) is 9.80. The number of benzene rings is 2. The second-order valence-corrected chi connectivity index (χ2v) is 12.6. The lowest BCUT2D eigenvalue weighted by Gasteiger charge is -2.27. The quantitative estimate of drug-likeness (QED) is 0.256. The van der Waals surface area contributed by atoms with Crippen LogP contribution in [0.15, 0.2) is 76.0 Å². The highest BCUT2D eigenvalue weighted by molar-refractivity contribution is 8.27. The van der Waals surface area contributed by atoms with Crippen molar-refractivity contribution in [2.75, 3.05) is 24.5 Å². The van der Waals surface area contributed by atoms with Crippen molar-refractivity contribution in [3.05, 3.63) is 87.2 Å². The van der Waals surface area contributed by atoms with Crippen LogP contribution in [-0.2, 0) is 9.59 Å². The number of carbonyl (C=O) groups excluding carboxylic acids is 1. The fourth-order valence-electron chi connectivity index (χ4n) is 5.93. The van der Waals surface area contributed by atoms with E-state index in [-0.39, 0.29) is 12.5 Å². The van der Waals surface area contributed by atoms with Crippen molar-refractivity contribution < 1.29 is 14.7 Å². The number of rotatable bonds is 6. The van der Waals surface area contributed by atoms with Crippen molar-refractivity contribution in [2.24, 2.45) is 0 Å². The number of anilines is 2. The van der Waals surface area contributed by atoms with E-state index in [1.807, 2.05) is 0 Å². The van der Waals surface area contributed by atoms with Gasteiger partial charge in [-0.05, 0) is 54.3 Å². The van der Waals surface area contributed by atoms with E-state index in [9.17, 15) is 14.7 Å². The highest BCUT2D eigenvalue weighted by Crippen LogP contribution is 2.53. The molecule has 0 bridgehead atoms. The zero-order chi connectivity index (χ0) is 26.4. The Kier molecular flexibility index (Phi) is 6.84. The third kappa shape index (κ3) is 4.46. The van der Waals surface area contributed by atoms with E-state index in [1.165, 1.54) is 64.6 Å². The van der Waals surface area contributed by atoms with Crippen molar-refractivity contribution in [3.63, 3.8) is 0 Å². The maximum absolute atomic E-state index is 13.1. The van der Waals surface area contributed by atoms with Crippen molar-refractivity contribution in [3.8, 4) is 0 Å². The molecule has 2 saturated heterocycles. The van der Waals surface area contributed by atoms with E-state index in [0.29, 0.717) is 39.3 Å². The van der Waals surface area contributed by atoms with Crippen molar-refractivity contribution in [1.29, 1.82) is 0 Å². The topological polar surface area (TPSA) is 64.1 Å². The first-order valence-corrected chi connectivity index (χ1v) is 14.7. The fraction of sp³-hybridized carbons (Fsp3) is 0.276. The van der Waals surface area contributed by atoms with Gasteiger partial charge in [-0.1, -0.05) is 72.5 Å². The van der Waals surface area contributed by atoms with Crippen LogP contribution in [0.2, 0.25) is 0 Å². The van der Waals surface area contributed by atoms with Gasteiger partial charge in [-0.2, -0.15) is 0 Å². The first-order valence-electron chi connectivity index (χ1n) is 12.7. The Morgan fingerprint density at radius 3 is 2.74 bits per heavy atom. The predicted molar refractivity (Wildman–Crippen MR) is 159 cm³/mol. The normalized spacial score (nSPS) is 25.5. The van der Waals surface area contributed by atoms with Crippen LogP contribution < -0.4 is 4.90 Å². The van der Waals surface area contributed by atoms with Gasteiger partial charge in [0.1, 0.15) is 15.8 Å². The molecule has 0 spiro atoms. The minimum absolute atomic E-state index is 0.175. The number of hydrogen-bond acceptors (Lipinski definition) is 7. The number of aliphatic carboxylic acids is 1. The molecule has 4 aliphatic rings. The van der Waals surface area contributed by atoms with Crippen LogP contribution in [-0.4, -0.2) is 56.8 Å². The summed E-state index contributed by atoms with van der Waals surface area (Å²) in [4.78, 5) is 32.0. The monoisotopic (exact) mass is 561 g/mol. The Labute approximate surface area is 236 Å². The molecule has 1 N–H and O–H groups in total. The summed E-state index contributed by atoms with van der Waals surface area (Å²) >= 11 is 8.11. The maximum Gasteiger partial charge on any atom is 0.323 e. The van der Waals surface area contributed by atoms with E-state index in [1.54, 1.807) is 11.0 Å². The summed E-state index contributed by atoms with van der Waals surface area (Å²) in [5.41, 5.74) is 5.01. The first kappa shape index (κ1) is 25.3. The minimum Gasteiger partial charge on any atom is -0.480 e. The molecule has 6 nitrogen and oxygen atoms in total. The number of hydrogen-bond donors (Lipinski definition) is 1. The van der Waals surface area contributed by atoms with Crippen molar-refractivity contribution >= 4 is 69.4 Å². The van der Waals surface area contributed by atoms with Crippen LogP contribution in [0, 0.1) is 0 Å². The van der Waals surface area contributed by atoms with Crippen LogP contribution in [0.5, 0.6) is 0 Å². The van der Waals surface area contributed by atoms with Gasteiger partial charge in [0.05, 0.1) is 11.6 Å². The number of thioether (sulfide) groups is 2. The molecule has 3 fully saturated rings. The number of para-hydroxylation sites is 1. The minimum atomic E-state index is -0.934. The molecule has 1 amide bonds. The molecule has 1 aliphatic carbocycles. The van der Waals surface area contributed by atoms with Crippen LogP contribution in [0.1, 0.15) is 36.3 Å². The Balaban J connectivity index is 1.32. The van der Waals surface area contributed by atoms with Crippen molar-refractivity contribution in [1.82, 2.24) is 9.80 Å². The smallest absolute Gasteiger partial charge is 0.323 e. The predicted octanol–water partition coefficient (Wildman–Crippen LogP) is 6.16. The number of carbonyl (C=O) groups is 2. The third-order valence-corrected chi connectivity index (χ3v) is 10.2. The van der Waals surface area contributed by atoms with Crippen LogP contribution in [0.3, 0.4) is 0 Å². The van der Waals surface area contributed by atoms with E-state index in [4.69, 9.17) is 12.2 Å². The number of thiocarbonyl (C=S) groups is 1. The lowest BCUT2D eigenvalue weighted by molar-refractivity contribution is -0.137. The third-order valence-electron chi connectivity index (χ3n) is 7.43. The molecule has 2 aromatic carbocycles. The van der Waals surface area contributed by atoms with Gasteiger partial charge < -0.3 is 14.9 Å². The number of carboxylic acid groups (broad SMARTS) is 1. The molecule has 0 aromatic heterocycles. The summed E-state index contributed by atoms with van der Waals surface area (Å²) in [6.07, 6.45) is 7.39. The van der Waals surface area contributed by atoms with Gasteiger partial charge in [0, 0.05) is 34.8 Å². The van der Waals surface area contributed by atoms with Crippen LogP contribution in [0.4, 0.5) is 11.4 Å². The van der Waals surface area contributed by atoms with E-state index in [2.05, 4.69) is 66.1 Å². The lowest BCUT2D eigenvalue weighted by Crippen LogP contribution is -2.30. The highest BCUT2D eigenvalue weighted by atomic mass is 32.2. The molecule has 2 atom stereocenters. The Hall–Kier alpha value is -3.01. The average Bonchev–Trinajstić information content (AvgIpc) is 3.65. The largest absolute Gasteiger partial charge is 0.480 e. The van der Waals surface area contributed by atoms with Gasteiger partial charge in [0.15, 0.2) is 0 Å². The molecule has 9 heteroatoms. The highest BCUT2D eigenvalue weighted by Gasteiger charge is 2.42. The number of carboxylic acids is 1. The molecule has 6 rings (SSSR count). The molecule has 38 heavy (non-hydrogen) atoms. The molecule has 3 heterocycles. The first-order chi connectivity index (χ1) is 18.4. The summed E-state index contributed by atoms with van der Waals surface area (Å²) < 4.78 is 0.471. The standard InChI is InChI=1S/C29H27N3O3S3/c1-2-13-31-27(35)26(38-29(31)36)28-30(17-25(33)34)16-20(37-28)14-18-11-12-24-22(15-18)21-9-6-10-23(21)32(24)19-7-4-3-5-8-19/h2-5,7-8,11-12,14-15,21,23H,1,6,9-10,13,16-17H2,(H,33,34)/b20-14+,28-26+. The molecule has 194 valence electrons. The van der Waals surface area contributed by atoms with Gasteiger partial charge in [0.25, 0.3) is 5.91 Å². The van der Waals surface area contributed by atoms with Gasteiger partial charge >= 0.3 is 5.97 Å². The average molecular weight is 562 g/mol. The molecular formula is C29H27N3O3S3. The van der Waals surface area contributed by atoms with E-state index < -0.39 is 5.97 Å². The van der Waals surface area contributed by atoms with Crippen LogP contribution >= 0.6 is 35.7 Å². The van der Waals surface area contributed by atoms with Gasteiger partial charge in [-0.25, -0.2) is 0 Å². The Morgan fingerprint density at radius 1 is 1.16 bits per heavy atom. The zero-order valence-corrected chi connectivity index (χ0v) is 23.2. The van der Waals surface area contributed by atoms with Crippen molar-refractivity contribution in [2.45, 2.75) is 31.2 Å². The number of nitrogens with zero attached hydrogens (tertiary/aromatic N) is 3. The number of fused-ring (bicyclic) bond motifs is 3. The second kappa shape index (κ2) is 10.3. The van der Waals surface area contributed by atoms with Gasteiger partial charge in [-0.3, -0.25) is 14.5 Å². The Morgan fingerprint density at radius 2 is 1.97 bits per heavy atom. The molecule has 1 saturated carbocycles. The van der Waals surface area contributed by atoms with E-state index >= 15 is 0 Å². The SMILES string of the molecule is C=CCN1C(=O)/C(=C2\S/C(=C/c3ccc4c(c3)C3CCCC3N4c3ccccc3)CN2CC(=O)O)SC1=S. The van der Waals surface area contributed by atoms with Crippen LogP contribution in [0.25, 0.3) is 6.08 Å². The maximum atomic E-state index is 13.1. The van der Waals surface area contributed by atoms with Gasteiger partial charge in [-0.15, -0.1) is 6.58 Å². The zero-order valence-electron chi connectivity index (χ0n) is 20.7. The number of amides is 1. The lowest BCUT2D eigenvalue weighted by atomic mass is 9.96.